The molecule has 0 N–H and O–H groups in total. The van der Waals surface area contributed by atoms with E-state index < -0.39 is 0 Å². The van der Waals surface area contributed by atoms with E-state index in [-0.39, 0.29) is 18.7 Å². The zero-order valence-corrected chi connectivity index (χ0v) is 14.9. The van der Waals surface area contributed by atoms with Gasteiger partial charge in [0.2, 0.25) is 0 Å². The van der Waals surface area contributed by atoms with Crippen molar-refractivity contribution in [2.24, 2.45) is 4.99 Å². The second-order valence-electron chi connectivity index (χ2n) is 6.15. The van der Waals surface area contributed by atoms with Crippen LogP contribution < -0.4 is 4.74 Å². The topological polar surface area (TPSA) is 47.9 Å². The van der Waals surface area contributed by atoms with Crippen molar-refractivity contribution in [2.45, 2.75) is 20.0 Å². The van der Waals surface area contributed by atoms with Crippen molar-refractivity contribution in [1.82, 2.24) is 0 Å². The lowest BCUT2D eigenvalue weighted by molar-refractivity contribution is -0.149. The van der Waals surface area contributed by atoms with Crippen molar-refractivity contribution in [2.75, 3.05) is 6.61 Å². The monoisotopic (exact) mass is 347 g/mol. The summed E-state index contributed by atoms with van der Waals surface area (Å²) >= 11 is 0. The first kappa shape index (κ1) is 17.7. The molecule has 0 saturated carbocycles. The Labute approximate surface area is 153 Å². The molecule has 0 amide bonds. The van der Waals surface area contributed by atoms with Crippen molar-refractivity contribution in [3.63, 3.8) is 0 Å². The minimum Gasteiger partial charge on any atom is -0.482 e. The SMILES string of the molecule is CC(C)OC(=O)COc1ccc(C=Nc2cccc3ccccc23)cc1. The Kier molecular flexibility index (Phi) is 5.64. The third kappa shape index (κ3) is 4.70. The summed E-state index contributed by atoms with van der Waals surface area (Å²) in [6.45, 7) is 3.52. The van der Waals surface area contributed by atoms with Gasteiger partial charge in [-0.3, -0.25) is 4.99 Å². The number of rotatable bonds is 6. The molecule has 4 heteroatoms. The fraction of sp³-hybridized carbons (Fsp3) is 0.182. The molecule has 0 heterocycles. The van der Waals surface area contributed by atoms with Crippen LogP contribution >= 0.6 is 0 Å². The van der Waals surface area contributed by atoms with E-state index >= 15 is 0 Å². The highest BCUT2D eigenvalue weighted by Gasteiger charge is 2.06. The molecule has 0 fully saturated rings. The van der Waals surface area contributed by atoms with Crippen LogP contribution in [0.25, 0.3) is 10.8 Å². The van der Waals surface area contributed by atoms with Crippen LogP contribution in [0.15, 0.2) is 71.7 Å². The predicted molar refractivity (Wildman–Crippen MR) is 104 cm³/mol. The van der Waals surface area contributed by atoms with Gasteiger partial charge in [0.15, 0.2) is 6.61 Å². The van der Waals surface area contributed by atoms with Crippen LogP contribution in [0, 0.1) is 0 Å². The van der Waals surface area contributed by atoms with Gasteiger partial charge in [0, 0.05) is 11.6 Å². The molecule has 0 atom stereocenters. The molecule has 4 nitrogen and oxygen atoms in total. The molecule has 0 aliphatic carbocycles. The van der Waals surface area contributed by atoms with E-state index in [1.54, 1.807) is 0 Å². The molecule has 0 aliphatic heterocycles. The molecule has 3 aromatic rings. The van der Waals surface area contributed by atoms with Gasteiger partial charge in [-0.05, 0) is 55.1 Å². The normalized spacial score (nSPS) is 11.2. The maximum Gasteiger partial charge on any atom is 0.344 e. The van der Waals surface area contributed by atoms with Crippen LogP contribution in [0.3, 0.4) is 0 Å². The van der Waals surface area contributed by atoms with Gasteiger partial charge in [-0.1, -0.05) is 36.4 Å². The van der Waals surface area contributed by atoms with E-state index in [4.69, 9.17) is 9.47 Å². The Morgan fingerprint density at radius 3 is 2.50 bits per heavy atom. The molecule has 0 saturated heterocycles. The third-order valence-electron chi connectivity index (χ3n) is 3.72. The number of hydrogen-bond acceptors (Lipinski definition) is 4. The number of hydrogen-bond donors (Lipinski definition) is 0. The summed E-state index contributed by atoms with van der Waals surface area (Å²) in [4.78, 5) is 16.1. The van der Waals surface area contributed by atoms with Gasteiger partial charge in [-0.25, -0.2) is 4.79 Å². The zero-order valence-electron chi connectivity index (χ0n) is 14.9. The molecule has 0 aromatic heterocycles. The molecule has 0 bridgehead atoms. The number of nitrogens with zero attached hydrogens (tertiary/aromatic N) is 1. The number of esters is 1. The summed E-state index contributed by atoms with van der Waals surface area (Å²) < 4.78 is 10.5. The summed E-state index contributed by atoms with van der Waals surface area (Å²) in [5, 5.41) is 2.29. The van der Waals surface area contributed by atoms with Crippen molar-refractivity contribution in [3.8, 4) is 5.75 Å². The summed E-state index contributed by atoms with van der Waals surface area (Å²) in [5.41, 5.74) is 1.88. The second-order valence-corrected chi connectivity index (χ2v) is 6.15. The molecular weight excluding hydrogens is 326 g/mol. The first-order valence-electron chi connectivity index (χ1n) is 8.56. The van der Waals surface area contributed by atoms with E-state index in [1.165, 1.54) is 5.39 Å². The number of fused-ring (bicyclic) bond motifs is 1. The number of aliphatic imine (C=N–C) groups is 1. The van der Waals surface area contributed by atoms with Crippen LogP contribution in [0.1, 0.15) is 19.4 Å². The Balaban J connectivity index is 1.65. The summed E-state index contributed by atoms with van der Waals surface area (Å²) in [5.74, 6) is 0.245. The van der Waals surface area contributed by atoms with Gasteiger partial charge in [-0.2, -0.15) is 0 Å². The standard InChI is InChI=1S/C22H21NO3/c1-16(2)26-22(24)15-25-19-12-10-17(11-13-19)14-23-21-9-5-7-18-6-3-4-8-20(18)21/h3-14,16H,15H2,1-2H3. The van der Waals surface area contributed by atoms with Gasteiger partial charge >= 0.3 is 5.97 Å². The van der Waals surface area contributed by atoms with E-state index in [0.29, 0.717) is 5.75 Å². The molecule has 26 heavy (non-hydrogen) atoms. The maximum atomic E-state index is 11.5. The number of carbonyl (C=O) groups excluding carboxylic acids is 1. The lowest BCUT2D eigenvalue weighted by Gasteiger charge is -2.09. The average Bonchev–Trinajstić information content (AvgIpc) is 2.65. The second kappa shape index (κ2) is 8.30. The van der Waals surface area contributed by atoms with Crippen LogP contribution in [0.4, 0.5) is 5.69 Å². The highest BCUT2D eigenvalue weighted by Crippen LogP contribution is 2.25. The van der Waals surface area contributed by atoms with E-state index in [1.807, 2.05) is 68.6 Å². The number of ether oxygens (including phenoxy) is 2. The van der Waals surface area contributed by atoms with Gasteiger partial charge in [0.1, 0.15) is 5.75 Å². The Bertz CT molecular complexity index is 909. The summed E-state index contributed by atoms with van der Waals surface area (Å²) in [7, 11) is 0. The molecule has 3 aromatic carbocycles. The largest absolute Gasteiger partial charge is 0.482 e. The van der Waals surface area contributed by atoms with Crippen molar-refractivity contribution in [3.05, 3.63) is 72.3 Å². The first-order chi connectivity index (χ1) is 12.6. The highest BCUT2D eigenvalue weighted by molar-refractivity contribution is 5.95. The fourth-order valence-corrected chi connectivity index (χ4v) is 2.55. The quantitative estimate of drug-likeness (QED) is 0.470. The summed E-state index contributed by atoms with van der Waals surface area (Å²) in [6.07, 6.45) is 1.68. The van der Waals surface area contributed by atoms with E-state index in [2.05, 4.69) is 23.2 Å². The van der Waals surface area contributed by atoms with Crippen molar-refractivity contribution in [1.29, 1.82) is 0 Å². The Morgan fingerprint density at radius 1 is 1.00 bits per heavy atom. The van der Waals surface area contributed by atoms with Crippen molar-refractivity contribution < 1.29 is 14.3 Å². The number of carbonyl (C=O) groups is 1. The smallest absolute Gasteiger partial charge is 0.344 e. The lowest BCUT2D eigenvalue weighted by atomic mass is 10.1. The maximum absolute atomic E-state index is 11.5. The van der Waals surface area contributed by atoms with E-state index in [0.717, 1.165) is 16.6 Å². The molecule has 3 rings (SSSR count). The van der Waals surface area contributed by atoms with Crippen LogP contribution in [0.2, 0.25) is 0 Å². The average molecular weight is 347 g/mol. The minimum atomic E-state index is -0.374. The van der Waals surface area contributed by atoms with Crippen molar-refractivity contribution >= 4 is 28.6 Å². The molecule has 0 aliphatic rings. The lowest BCUT2D eigenvalue weighted by Crippen LogP contribution is -2.18. The van der Waals surface area contributed by atoms with Crippen LogP contribution in [0.5, 0.6) is 5.75 Å². The highest BCUT2D eigenvalue weighted by atomic mass is 16.6. The molecule has 132 valence electrons. The molecule has 0 spiro atoms. The molecule has 0 radical (unpaired) electrons. The third-order valence-corrected chi connectivity index (χ3v) is 3.72. The molecular formula is C22H21NO3. The van der Waals surface area contributed by atoms with Gasteiger partial charge in [-0.15, -0.1) is 0 Å². The Morgan fingerprint density at radius 2 is 1.73 bits per heavy atom. The first-order valence-corrected chi connectivity index (χ1v) is 8.56. The number of benzene rings is 3. The Hall–Kier alpha value is -3.14. The molecule has 0 unspecified atom stereocenters. The van der Waals surface area contributed by atoms with Gasteiger partial charge in [0.25, 0.3) is 0 Å². The van der Waals surface area contributed by atoms with Crippen LogP contribution in [-0.2, 0) is 9.53 Å². The van der Waals surface area contributed by atoms with Gasteiger partial charge in [0.05, 0.1) is 11.8 Å². The summed E-state index contributed by atoms with van der Waals surface area (Å²) in [6, 6.07) is 21.7. The zero-order chi connectivity index (χ0) is 18.4. The fourth-order valence-electron chi connectivity index (χ4n) is 2.55. The van der Waals surface area contributed by atoms with E-state index in [9.17, 15) is 4.79 Å². The minimum absolute atomic E-state index is 0.0956. The predicted octanol–water partition coefficient (Wildman–Crippen LogP) is 4.92. The van der Waals surface area contributed by atoms with Gasteiger partial charge < -0.3 is 9.47 Å². The van der Waals surface area contributed by atoms with Crippen LogP contribution in [-0.4, -0.2) is 24.9 Å².